The van der Waals surface area contributed by atoms with Crippen LogP contribution in [0.15, 0.2) is 63.9 Å². The largest absolute Gasteiger partial charge is 0.487 e. The highest BCUT2D eigenvalue weighted by molar-refractivity contribution is 8.22. The van der Waals surface area contributed by atoms with Crippen molar-refractivity contribution in [2.75, 3.05) is 19.6 Å². The molecule has 1 fully saturated rings. The van der Waals surface area contributed by atoms with Gasteiger partial charge in [-0.3, -0.25) is 18.7 Å². The lowest BCUT2D eigenvalue weighted by atomic mass is 9.90. The molecule has 10 heteroatoms. The molecule has 2 atom stereocenters. The van der Waals surface area contributed by atoms with E-state index in [0.717, 1.165) is 24.0 Å². The van der Waals surface area contributed by atoms with E-state index in [4.69, 9.17) is 9.15 Å². The van der Waals surface area contributed by atoms with Gasteiger partial charge in [0.2, 0.25) is 0 Å². The highest BCUT2D eigenvalue weighted by Gasteiger charge is 2.35. The highest BCUT2D eigenvalue weighted by atomic mass is 32.3. The number of rotatable bonds is 8. The number of fused-ring (bicyclic) bond motifs is 1. The first-order valence-corrected chi connectivity index (χ1v) is 15.2. The Morgan fingerprint density at radius 2 is 1.82 bits per heavy atom. The number of ether oxygens (including phenoxy) is 1. The van der Waals surface area contributed by atoms with Gasteiger partial charge in [0.1, 0.15) is 22.5 Å². The summed E-state index contributed by atoms with van der Waals surface area (Å²) in [6.45, 7) is 5.87. The topological polar surface area (TPSA) is 124 Å². The molecule has 1 aromatic heterocycles. The summed E-state index contributed by atoms with van der Waals surface area (Å²) in [5.41, 5.74) is 2.48. The molecule has 9 nitrogen and oxygen atoms in total. The monoisotopic (exact) mass is 568 g/mol. The number of likely N-dealkylation sites (tertiary alicyclic amines) is 1. The maximum atomic E-state index is 12.8. The van der Waals surface area contributed by atoms with Crippen LogP contribution >= 0.6 is 10.8 Å². The average molecular weight is 569 g/mol. The Labute approximate surface area is 235 Å². The Hall–Kier alpha value is -3.31. The maximum absolute atomic E-state index is 12.8. The van der Waals surface area contributed by atoms with Crippen molar-refractivity contribution in [3.63, 3.8) is 0 Å². The summed E-state index contributed by atoms with van der Waals surface area (Å²) < 4.78 is 36.5. The minimum atomic E-state index is -3.34. The van der Waals surface area contributed by atoms with E-state index >= 15 is 0 Å². The molecule has 214 valence electrons. The van der Waals surface area contributed by atoms with Gasteiger partial charge in [-0.2, -0.15) is 4.31 Å². The van der Waals surface area contributed by atoms with Gasteiger partial charge in [-0.15, -0.1) is 10.8 Å². The second-order valence-corrected chi connectivity index (χ2v) is 12.5. The number of carboxylic acid groups (broad SMARTS) is 1. The van der Waals surface area contributed by atoms with Crippen molar-refractivity contribution in [2.24, 2.45) is 0 Å². The van der Waals surface area contributed by atoms with Gasteiger partial charge in [0.05, 0.1) is 18.9 Å². The molecule has 0 saturated carbocycles. The molecule has 5 rings (SSSR count). The van der Waals surface area contributed by atoms with Gasteiger partial charge >= 0.3 is 5.97 Å². The second-order valence-electron chi connectivity index (χ2n) is 10.5. The summed E-state index contributed by atoms with van der Waals surface area (Å²) in [5, 5.41) is 9.73. The number of hydrogen-bond donors (Lipinski definition) is 3. The van der Waals surface area contributed by atoms with Crippen LogP contribution in [0.2, 0.25) is 0 Å². The molecule has 1 saturated heterocycles. The van der Waals surface area contributed by atoms with Gasteiger partial charge in [-0.05, 0) is 67.1 Å². The van der Waals surface area contributed by atoms with Crippen LogP contribution in [0.5, 0.6) is 5.75 Å². The fourth-order valence-electron chi connectivity index (χ4n) is 5.38. The molecule has 0 bridgehead atoms. The third-order valence-electron chi connectivity index (χ3n) is 7.74. The molecular formula is C30H36N2O7S. The van der Waals surface area contributed by atoms with Crippen LogP contribution in [0.3, 0.4) is 0 Å². The molecule has 3 N–H and O–H groups in total. The van der Waals surface area contributed by atoms with Crippen molar-refractivity contribution in [1.29, 1.82) is 0 Å². The number of carbonyl (C=O) groups excluding carboxylic acids is 1. The maximum Gasteiger partial charge on any atom is 0.304 e. The zero-order valence-corrected chi connectivity index (χ0v) is 23.6. The Bertz CT molecular complexity index is 1380. The number of benzene rings is 2. The lowest BCUT2D eigenvalue weighted by Crippen LogP contribution is -2.34. The molecular weight excluding hydrogens is 532 g/mol. The summed E-state index contributed by atoms with van der Waals surface area (Å²) in [6.07, 6.45) is 2.17. The minimum Gasteiger partial charge on any atom is -0.487 e. The van der Waals surface area contributed by atoms with Crippen LogP contribution in [-0.4, -0.2) is 61.0 Å². The van der Waals surface area contributed by atoms with E-state index in [2.05, 4.69) is 0 Å². The number of nitrogens with zero attached hydrogens (tertiary/aromatic N) is 2. The van der Waals surface area contributed by atoms with E-state index in [1.54, 1.807) is 39.5 Å². The first-order valence-electron chi connectivity index (χ1n) is 13.7. The lowest BCUT2D eigenvalue weighted by Gasteiger charge is -2.42. The predicted molar refractivity (Wildman–Crippen MR) is 152 cm³/mol. The van der Waals surface area contributed by atoms with E-state index in [0.29, 0.717) is 48.0 Å². The van der Waals surface area contributed by atoms with Gasteiger partial charge in [0.25, 0.3) is 5.91 Å². The zero-order valence-electron chi connectivity index (χ0n) is 22.8. The lowest BCUT2D eigenvalue weighted by molar-refractivity contribution is -0.137. The van der Waals surface area contributed by atoms with Crippen molar-refractivity contribution in [1.82, 2.24) is 9.21 Å². The molecule has 3 heterocycles. The fourth-order valence-corrected chi connectivity index (χ4v) is 7.00. The molecule has 2 unspecified atom stereocenters. The minimum absolute atomic E-state index is 0.179. The number of furan rings is 1. The second kappa shape index (κ2) is 11.7. The van der Waals surface area contributed by atoms with Crippen LogP contribution in [0.1, 0.15) is 71.5 Å². The molecule has 0 spiro atoms. The summed E-state index contributed by atoms with van der Waals surface area (Å²) in [7, 11) is -3.34. The summed E-state index contributed by atoms with van der Waals surface area (Å²) >= 11 is 0. The number of aryl methyl sites for hydroxylation is 1. The van der Waals surface area contributed by atoms with Gasteiger partial charge in [-0.25, -0.2) is 0 Å². The van der Waals surface area contributed by atoms with Crippen LogP contribution in [-0.2, 0) is 11.3 Å². The summed E-state index contributed by atoms with van der Waals surface area (Å²) in [5.74, 6) is -0.691. The van der Waals surface area contributed by atoms with Gasteiger partial charge in [0.15, 0.2) is 5.76 Å². The van der Waals surface area contributed by atoms with Crippen molar-refractivity contribution in [3.8, 4) is 5.75 Å². The number of amides is 1. The van der Waals surface area contributed by atoms with Crippen LogP contribution in [0.4, 0.5) is 0 Å². The van der Waals surface area contributed by atoms with Crippen molar-refractivity contribution < 1.29 is 33.0 Å². The SMILES string of the molecule is CCC1CN(Cc2cc(C(CC(=O)O)c3ccc(C(=O)N4CCCC4)o3)ccc2C)S(O)(O)c2ccccc2O1. The van der Waals surface area contributed by atoms with E-state index in [1.807, 2.05) is 38.1 Å². The van der Waals surface area contributed by atoms with Gasteiger partial charge in [0, 0.05) is 19.6 Å². The van der Waals surface area contributed by atoms with E-state index < -0.39 is 22.7 Å². The summed E-state index contributed by atoms with van der Waals surface area (Å²) in [6, 6.07) is 16.0. The molecule has 2 aliphatic heterocycles. The molecule has 0 radical (unpaired) electrons. The number of aliphatic carboxylic acids is 1. The third kappa shape index (κ3) is 5.76. The first kappa shape index (κ1) is 28.2. The molecule has 2 aromatic carbocycles. The van der Waals surface area contributed by atoms with Crippen molar-refractivity contribution in [2.45, 2.75) is 63.0 Å². The summed E-state index contributed by atoms with van der Waals surface area (Å²) in [4.78, 5) is 26.8. The van der Waals surface area contributed by atoms with Crippen LogP contribution in [0.25, 0.3) is 0 Å². The molecule has 1 amide bonds. The van der Waals surface area contributed by atoms with E-state index in [-0.39, 0.29) is 30.7 Å². The molecule has 40 heavy (non-hydrogen) atoms. The van der Waals surface area contributed by atoms with Crippen LogP contribution in [0, 0.1) is 6.92 Å². The molecule has 2 aliphatic rings. The van der Waals surface area contributed by atoms with E-state index in [9.17, 15) is 23.8 Å². The van der Waals surface area contributed by atoms with Gasteiger partial charge in [-0.1, -0.05) is 37.3 Å². The fraction of sp³-hybridized carbons (Fsp3) is 0.400. The normalized spacial score (nSPS) is 20.3. The number of carbonyl (C=O) groups is 2. The molecule has 0 aliphatic carbocycles. The Kier molecular flexibility index (Phi) is 8.23. The van der Waals surface area contributed by atoms with Crippen molar-refractivity contribution >= 4 is 22.7 Å². The van der Waals surface area contributed by atoms with Crippen molar-refractivity contribution in [3.05, 3.63) is 82.8 Å². The smallest absolute Gasteiger partial charge is 0.304 e. The average Bonchev–Trinajstić information content (AvgIpc) is 3.63. The molecule has 3 aromatic rings. The number of hydrogen-bond acceptors (Lipinski definition) is 7. The Morgan fingerprint density at radius 3 is 2.55 bits per heavy atom. The first-order chi connectivity index (χ1) is 19.2. The zero-order chi connectivity index (χ0) is 28.4. The third-order valence-corrected chi connectivity index (χ3v) is 9.66. The van der Waals surface area contributed by atoms with E-state index in [1.165, 1.54) is 0 Å². The number of para-hydroxylation sites is 1. The van der Waals surface area contributed by atoms with Gasteiger partial charge < -0.3 is 19.2 Å². The predicted octanol–water partition coefficient (Wildman–Crippen LogP) is 6.13. The highest BCUT2D eigenvalue weighted by Crippen LogP contribution is 2.57. The Morgan fingerprint density at radius 1 is 1.07 bits per heavy atom. The number of carboxylic acids is 1. The standard InChI is InChI=1S/C30H36N2O7S/c1-3-23-19-32(40(36,37)28-9-5-4-8-26(28)38-23)18-22-16-21(11-10-20(22)2)24(17-29(33)34)25-12-13-27(39-25)30(35)31-14-6-7-15-31/h4-5,8-13,16,23-24,36-37H,3,6-7,14-15,17-19H2,1-2H3,(H,33,34). The quantitative estimate of drug-likeness (QED) is 0.297. The Balaban J connectivity index is 1.46. The van der Waals surface area contributed by atoms with Crippen LogP contribution < -0.4 is 4.74 Å².